The van der Waals surface area contributed by atoms with Crippen LogP contribution in [0.5, 0.6) is 0 Å². The lowest BCUT2D eigenvalue weighted by Gasteiger charge is -2.26. The minimum absolute atomic E-state index is 0.0887. The lowest BCUT2D eigenvalue weighted by atomic mass is 10.0. The first-order chi connectivity index (χ1) is 16.9. The fourth-order valence-corrected chi connectivity index (χ4v) is 5.29. The van der Waals surface area contributed by atoms with Crippen molar-refractivity contribution in [3.05, 3.63) is 126 Å². The summed E-state index contributed by atoms with van der Waals surface area (Å²) >= 11 is 0. The van der Waals surface area contributed by atoms with Crippen LogP contribution in [-0.4, -0.2) is 14.3 Å². The third kappa shape index (κ3) is 5.61. The number of amides is 1. The van der Waals surface area contributed by atoms with Gasteiger partial charge in [-0.25, -0.2) is 8.42 Å². The number of anilines is 2. The van der Waals surface area contributed by atoms with E-state index >= 15 is 0 Å². The number of benzene rings is 4. The van der Waals surface area contributed by atoms with Gasteiger partial charge in [-0.1, -0.05) is 86.6 Å². The zero-order valence-electron chi connectivity index (χ0n) is 19.8. The zero-order chi connectivity index (χ0) is 24.8. The summed E-state index contributed by atoms with van der Waals surface area (Å²) in [5, 5.41) is 2.91. The largest absolute Gasteiger partial charge is 0.322 e. The topological polar surface area (TPSA) is 66.5 Å². The normalized spacial score (nSPS) is 11.3. The standard InChI is InChI=1S/C29H28N2O3S/c1-22(2)24-17-19-25(20-18-24)30-29(32)27-15-9-10-16-28(27)31(21-23-11-5-3-6-12-23)35(33,34)26-13-7-4-8-14-26/h3-20,22H,21H2,1-2H3,(H,30,32). The maximum absolute atomic E-state index is 13.8. The van der Waals surface area contributed by atoms with E-state index in [1.807, 2.05) is 54.6 Å². The Morgan fingerprint density at radius 2 is 1.34 bits per heavy atom. The van der Waals surface area contributed by atoms with Crippen molar-refractivity contribution in [1.29, 1.82) is 0 Å². The first-order valence-corrected chi connectivity index (χ1v) is 12.9. The van der Waals surface area contributed by atoms with Crippen molar-refractivity contribution in [2.75, 3.05) is 9.62 Å². The predicted molar refractivity (Wildman–Crippen MR) is 141 cm³/mol. The lowest BCUT2D eigenvalue weighted by molar-refractivity contribution is 0.102. The number of nitrogens with zero attached hydrogens (tertiary/aromatic N) is 1. The van der Waals surface area contributed by atoms with E-state index in [9.17, 15) is 13.2 Å². The van der Waals surface area contributed by atoms with Crippen molar-refractivity contribution in [2.45, 2.75) is 31.2 Å². The quantitative estimate of drug-likeness (QED) is 0.312. The molecule has 4 rings (SSSR count). The molecule has 0 saturated heterocycles. The van der Waals surface area contributed by atoms with Crippen LogP contribution in [0.3, 0.4) is 0 Å². The summed E-state index contributed by atoms with van der Waals surface area (Å²) in [5.74, 6) is 0.00874. The van der Waals surface area contributed by atoms with Gasteiger partial charge in [-0.15, -0.1) is 0 Å². The third-order valence-corrected chi connectivity index (χ3v) is 7.53. The molecule has 0 aliphatic carbocycles. The molecule has 5 nitrogen and oxygen atoms in total. The van der Waals surface area contributed by atoms with Gasteiger partial charge in [0, 0.05) is 5.69 Å². The highest BCUT2D eigenvalue weighted by Gasteiger charge is 2.28. The maximum Gasteiger partial charge on any atom is 0.264 e. The summed E-state index contributed by atoms with van der Waals surface area (Å²) in [6.07, 6.45) is 0. The van der Waals surface area contributed by atoms with Crippen LogP contribution in [0.4, 0.5) is 11.4 Å². The van der Waals surface area contributed by atoms with Crippen LogP contribution in [-0.2, 0) is 16.6 Å². The highest BCUT2D eigenvalue weighted by Crippen LogP contribution is 2.30. The van der Waals surface area contributed by atoms with E-state index in [-0.39, 0.29) is 22.9 Å². The molecule has 0 heterocycles. The number of nitrogens with one attached hydrogen (secondary N) is 1. The first kappa shape index (κ1) is 24.2. The Morgan fingerprint density at radius 3 is 1.97 bits per heavy atom. The van der Waals surface area contributed by atoms with Crippen LogP contribution >= 0.6 is 0 Å². The Balaban J connectivity index is 1.73. The lowest BCUT2D eigenvalue weighted by Crippen LogP contribution is -2.32. The second-order valence-corrected chi connectivity index (χ2v) is 10.4. The average Bonchev–Trinajstić information content (AvgIpc) is 2.88. The van der Waals surface area contributed by atoms with Gasteiger partial charge in [0.05, 0.1) is 22.7 Å². The SMILES string of the molecule is CC(C)c1ccc(NC(=O)c2ccccc2N(Cc2ccccc2)S(=O)(=O)c2ccccc2)cc1. The molecule has 178 valence electrons. The van der Waals surface area contributed by atoms with Gasteiger partial charge in [-0.05, 0) is 53.4 Å². The van der Waals surface area contributed by atoms with E-state index in [2.05, 4.69) is 19.2 Å². The van der Waals surface area contributed by atoms with Gasteiger partial charge in [0.25, 0.3) is 15.9 Å². The first-order valence-electron chi connectivity index (χ1n) is 11.5. The molecule has 1 N–H and O–H groups in total. The van der Waals surface area contributed by atoms with E-state index in [1.165, 1.54) is 9.87 Å². The van der Waals surface area contributed by atoms with E-state index in [1.54, 1.807) is 54.6 Å². The fraction of sp³-hybridized carbons (Fsp3) is 0.138. The minimum Gasteiger partial charge on any atom is -0.322 e. The van der Waals surface area contributed by atoms with Gasteiger partial charge < -0.3 is 5.32 Å². The van der Waals surface area contributed by atoms with Crippen LogP contribution in [0, 0.1) is 0 Å². The summed E-state index contributed by atoms with van der Waals surface area (Å²) in [6.45, 7) is 4.31. The fourth-order valence-electron chi connectivity index (χ4n) is 3.80. The third-order valence-electron chi connectivity index (χ3n) is 5.75. The van der Waals surface area contributed by atoms with Gasteiger partial charge in [0.15, 0.2) is 0 Å². The molecule has 0 bridgehead atoms. The molecule has 0 aliphatic heterocycles. The van der Waals surface area contributed by atoms with Crippen LogP contribution in [0.25, 0.3) is 0 Å². The maximum atomic E-state index is 13.8. The molecule has 6 heteroatoms. The molecule has 0 unspecified atom stereocenters. The smallest absolute Gasteiger partial charge is 0.264 e. The molecule has 0 saturated carbocycles. The molecular weight excluding hydrogens is 456 g/mol. The Hall–Kier alpha value is -3.90. The predicted octanol–water partition coefficient (Wildman–Crippen LogP) is 6.46. The summed E-state index contributed by atoms with van der Waals surface area (Å²) in [6, 6.07) is 32.1. The highest BCUT2D eigenvalue weighted by molar-refractivity contribution is 7.92. The minimum atomic E-state index is -3.94. The number of hydrogen-bond acceptors (Lipinski definition) is 3. The zero-order valence-corrected chi connectivity index (χ0v) is 20.6. The summed E-state index contributed by atoms with van der Waals surface area (Å²) in [4.78, 5) is 13.5. The van der Waals surface area contributed by atoms with Crippen molar-refractivity contribution in [2.24, 2.45) is 0 Å². The molecule has 4 aromatic rings. The number of carbonyl (C=O) groups is 1. The summed E-state index contributed by atoms with van der Waals surface area (Å²) in [5.41, 5.74) is 3.22. The molecule has 0 fully saturated rings. The van der Waals surface area contributed by atoms with Gasteiger partial charge >= 0.3 is 0 Å². The molecule has 0 aromatic heterocycles. The second-order valence-electron chi connectivity index (χ2n) is 8.56. The van der Waals surface area contributed by atoms with Crippen LogP contribution < -0.4 is 9.62 Å². The van der Waals surface area contributed by atoms with Gasteiger partial charge in [-0.2, -0.15) is 0 Å². The van der Waals surface area contributed by atoms with Crippen molar-refractivity contribution in [1.82, 2.24) is 0 Å². The van der Waals surface area contributed by atoms with Crippen LogP contribution in [0.1, 0.15) is 41.3 Å². The van der Waals surface area contributed by atoms with Gasteiger partial charge in [0.2, 0.25) is 0 Å². The van der Waals surface area contributed by atoms with Crippen LogP contribution in [0.15, 0.2) is 114 Å². The Bertz CT molecular complexity index is 1390. The Labute approximate surface area is 207 Å². The number of sulfonamides is 1. The second kappa shape index (κ2) is 10.6. The molecule has 0 spiro atoms. The molecule has 1 amide bonds. The van der Waals surface area contributed by atoms with E-state index < -0.39 is 10.0 Å². The van der Waals surface area contributed by atoms with Crippen molar-refractivity contribution >= 4 is 27.3 Å². The van der Waals surface area contributed by atoms with E-state index in [4.69, 9.17) is 0 Å². The van der Waals surface area contributed by atoms with Crippen molar-refractivity contribution in [3.8, 4) is 0 Å². The number of rotatable bonds is 8. The highest BCUT2D eigenvalue weighted by atomic mass is 32.2. The molecule has 0 atom stereocenters. The van der Waals surface area contributed by atoms with E-state index in [0.717, 1.165) is 5.56 Å². The number of carbonyl (C=O) groups excluding carboxylic acids is 1. The van der Waals surface area contributed by atoms with Crippen molar-refractivity contribution in [3.63, 3.8) is 0 Å². The number of para-hydroxylation sites is 1. The van der Waals surface area contributed by atoms with Gasteiger partial charge in [-0.3, -0.25) is 9.10 Å². The average molecular weight is 485 g/mol. The Morgan fingerprint density at radius 1 is 0.771 bits per heavy atom. The summed E-state index contributed by atoms with van der Waals surface area (Å²) in [7, 11) is -3.94. The van der Waals surface area contributed by atoms with Crippen molar-refractivity contribution < 1.29 is 13.2 Å². The van der Waals surface area contributed by atoms with E-state index in [0.29, 0.717) is 17.3 Å². The molecular formula is C29H28N2O3S. The molecule has 35 heavy (non-hydrogen) atoms. The van der Waals surface area contributed by atoms with Crippen LogP contribution in [0.2, 0.25) is 0 Å². The number of hydrogen-bond donors (Lipinski definition) is 1. The summed E-state index contributed by atoms with van der Waals surface area (Å²) < 4.78 is 28.8. The monoisotopic (exact) mass is 484 g/mol. The molecule has 0 radical (unpaired) electrons. The molecule has 0 aliphatic rings. The van der Waals surface area contributed by atoms with Gasteiger partial charge in [0.1, 0.15) is 0 Å². The Kier molecular flexibility index (Phi) is 7.32. The molecule has 4 aromatic carbocycles.